The van der Waals surface area contributed by atoms with Crippen molar-refractivity contribution >= 4 is 38.1 Å². The second-order valence-corrected chi connectivity index (χ2v) is 8.30. The fourth-order valence-electron chi connectivity index (χ4n) is 2.13. The highest BCUT2D eigenvalue weighted by molar-refractivity contribution is 7.92. The van der Waals surface area contributed by atoms with Gasteiger partial charge in [0.1, 0.15) is 10.3 Å². The van der Waals surface area contributed by atoms with Crippen molar-refractivity contribution in [2.45, 2.75) is 31.4 Å². The molecular formula is C12H15NO5S2. The van der Waals surface area contributed by atoms with Crippen LogP contribution in [-0.4, -0.2) is 36.9 Å². The van der Waals surface area contributed by atoms with Crippen LogP contribution < -0.4 is 5.32 Å². The number of rotatable bonds is 4. The van der Waals surface area contributed by atoms with Gasteiger partial charge in [-0.2, -0.15) is 0 Å². The van der Waals surface area contributed by atoms with Crippen molar-refractivity contribution in [3.63, 3.8) is 0 Å². The van der Waals surface area contributed by atoms with Gasteiger partial charge in [-0.3, -0.25) is 4.79 Å². The number of carbonyl (C=O) groups excluding carboxylic acids is 1. The van der Waals surface area contributed by atoms with E-state index in [-0.39, 0.29) is 10.6 Å². The third-order valence-electron chi connectivity index (χ3n) is 3.38. The van der Waals surface area contributed by atoms with Gasteiger partial charge in [0.2, 0.25) is 5.91 Å². The molecule has 1 atom stereocenters. The minimum atomic E-state index is -3.50. The zero-order chi connectivity index (χ0) is 15.1. The molecular weight excluding hydrogens is 302 g/mol. The molecule has 2 rings (SSSR count). The molecule has 1 heterocycles. The van der Waals surface area contributed by atoms with Crippen molar-refractivity contribution in [3.8, 4) is 0 Å². The summed E-state index contributed by atoms with van der Waals surface area (Å²) in [5.74, 6) is -1.79. The summed E-state index contributed by atoms with van der Waals surface area (Å²) in [6, 6.07) is 0. The molecule has 0 radical (unpaired) electrons. The van der Waals surface area contributed by atoms with Gasteiger partial charge in [0.15, 0.2) is 9.84 Å². The number of thiophene rings is 1. The van der Waals surface area contributed by atoms with Crippen LogP contribution >= 0.6 is 11.3 Å². The molecule has 8 heteroatoms. The number of amides is 1. The third kappa shape index (κ3) is 2.71. The lowest BCUT2D eigenvalue weighted by atomic mass is 10.1. The molecule has 1 unspecified atom stereocenters. The van der Waals surface area contributed by atoms with E-state index in [0.29, 0.717) is 6.42 Å². The number of anilines is 1. The van der Waals surface area contributed by atoms with E-state index in [1.165, 1.54) is 18.3 Å². The fraction of sp³-hybridized carbons (Fsp3) is 0.500. The Morgan fingerprint density at radius 3 is 2.55 bits per heavy atom. The second kappa shape index (κ2) is 5.17. The Kier molecular flexibility index (Phi) is 3.88. The molecule has 0 aliphatic heterocycles. The highest BCUT2D eigenvalue weighted by Gasteiger charge is 2.30. The predicted octanol–water partition coefficient (Wildman–Crippen LogP) is 1.31. The van der Waals surface area contributed by atoms with Crippen molar-refractivity contribution in [1.29, 1.82) is 0 Å². The Labute approximate surface area is 120 Å². The number of carbonyl (C=O) groups is 2. The minimum absolute atomic E-state index is 0.108. The fourth-order valence-corrected chi connectivity index (χ4v) is 3.86. The van der Waals surface area contributed by atoms with Crippen molar-refractivity contribution in [2.24, 2.45) is 0 Å². The molecule has 6 nitrogen and oxygen atoms in total. The minimum Gasteiger partial charge on any atom is -0.478 e. The molecule has 1 amide bonds. The first-order valence-corrected chi connectivity index (χ1v) is 8.86. The average Bonchev–Trinajstić information content (AvgIpc) is 2.85. The molecule has 1 aliphatic carbocycles. The van der Waals surface area contributed by atoms with Crippen LogP contribution in [0.1, 0.15) is 34.1 Å². The topological polar surface area (TPSA) is 101 Å². The van der Waals surface area contributed by atoms with Crippen molar-refractivity contribution in [2.75, 3.05) is 11.6 Å². The van der Waals surface area contributed by atoms with Crippen LogP contribution in [-0.2, 0) is 27.5 Å². The molecule has 0 saturated heterocycles. The monoisotopic (exact) mass is 317 g/mol. The summed E-state index contributed by atoms with van der Waals surface area (Å²) in [5.41, 5.74) is 0.876. The molecule has 0 aromatic carbocycles. The molecule has 110 valence electrons. The van der Waals surface area contributed by atoms with Crippen LogP contribution in [0.15, 0.2) is 0 Å². The van der Waals surface area contributed by atoms with Gasteiger partial charge in [-0.05, 0) is 31.7 Å². The highest BCUT2D eigenvalue weighted by atomic mass is 32.2. The Morgan fingerprint density at radius 1 is 1.35 bits per heavy atom. The maximum absolute atomic E-state index is 11.9. The number of carboxylic acids is 1. The molecule has 1 aliphatic rings. The lowest BCUT2D eigenvalue weighted by Crippen LogP contribution is -2.32. The quantitative estimate of drug-likeness (QED) is 0.872. The number of aryl methyl sites for hydroxylation is 1. The summed E-state index contributed by atoms with van der Waals surface area (Å²) in [4.78, 5) is 24.2. The first kappa shape index (κ1) is 15.0. The largest absolute Gasteiger partial charge is 0.478 e. The van der Waals surface area contributed by atoms with Gasteiger partial charge < -0.3 is 10.4 Å². The molecule has 20 heavy (non-hydrogen) atoms. The van der Waals surface area contributed by atoms with Gasteiger partial charge in [-0.1, -0.05) is 0 Å². The maximum Gasteiger partial charge on any atom is 0.339 e. The maximum atomic E-state index is 11.9. The molecule has 1 aromatic rings. The molecule has 2 N–H and O–H groups in total. The van der Waals surface area contributed by atoms with E-state index in [1.807, 2.05) is 0 Å². The van der Waals surface area contributed by atoms with Gasteiger partial charge in [0.25, 0.3) is 0 Å². The Balaban J connectivity index is 2.31. The zero-order valence-electron chi connectivity index (χ0n) is 11.1. The smallest absolute Gasteiger partial charge is 0.339 e. The first-order chi connectivity index (χ1) is 9.21. The summed E-state index contributed by atoms with van der Waals surface area (Å²) in [7, 11) is -3.50. The van der Waals surface area contributed by atoms with Crippen LogP contribution in [0.4, 0.5) is 5.00 Å². The van der Waals surface area contributed by atoms with Gasteiger partial charge in [-0.15, -0.1) is 11.3 Å². The molecule has 1 aromatic heterocycles. The van der Waals surface area contributed by atoms with Crippen molar-refractivity contribution in [1.82, 2.24) is 0 Å². The highest BCUT2D eigenvalue weighted by Crippen LogP contribution is 2.39. The third-order valence-corrected chi connectivity index (χ3v) is 6.09. The Hall–Kier alpha value is -1.41. The average molecular weight is 317 g/mol. The normalized spacial score (nSPS) is 15.7. The van der Waals surface area contributed by atoms with E-state index < -0.39 is 27.0 Å². The summed E-state index contributed by atoms with van der Waals surface area (Å²) >= 11 is 1.23. The van der Waals surface area contributed by atoms with Crippen LogP contribution in [0.2, 0.25) is 0 Å². The Bertz CT molecular complexity index is 674. The number of sulfone groups is 1. The lowest BCUT2D eigenvalue weighted by Gasteiger charge is -2.10. The van der Waals surface area contributed by atoms with E-state index >= 15 is 0 Å². The SMILES string of the molecule is CC(C(=O)Nc1sc2c(c1C(=O)O)CCC2)S(C)(=O)=O. The standard InChI is InChI=1S/C12H15NO5S2/c1-6(20(2,17)18)10(14)13-11-9(12(15)16)7-4-3-5-8(7)19-11/h6H,3-5H2,1-2H3,(H,13,14)(H,15,16). The molecule has 0 bridgehead atoms. The summed E-state index contributed by atoms with van der Waals surface area (Å²) in [5, 5.41) is 10.7. The van der Waals surface area contributed by atoms with Crippen LogP contribution in [0.5, 0.6) is 0 Å². The summed E-state index contributed by atoms with van der Waals surface area (Å²) in [6.45, 7) is 1.28. The number of fused-ring (bicyclic) bond motifs is 1. The van der Waals surface area contributed by atoms with Gasteiger partial charge >= 0.3 is 5.97 Å². The molecule has 0 saturated carbocycles. The van der Waals surface area contributed by atoms with Crippen molar-refractivity contribution in [3.05, 3.63) is 16.0 Å². The number of nitrogens with one attached hydrogen (secondary N) is 1. The van der Waals surface area contributed by atoms with Gasteiger partial charge in [0, 0.05) is 11.1 Å². The van der Waals surface area contributed by atoms with E-state index in [9.17, 15) is 23.1 Å². The van der Waals surface area contributed by atoms with E-state index in [1.54, 1.807) is 0 Å². The predicted molar refractivity (Wildman–Crippen MR) is 76.2 cm³/mol. The number of hydrogen-bond acceptors (Lipinski definition) is 5. The second-order valence-electron chi connectivity index (χ2n) is 4.83. The summed E-state index contributed by atoms with van der Waals surface area (Å²) < 4.78 is 22.7. The zero-order valence-corrected chi connectivity index (χ0v) is 12.7. The van der Waals surface area contributed by atoms with Crippen molar-refractivity contribution < 1.29 is 23.1 Å². The van der Waals surface area contributed by atoms with E-state index in [2.05, 4.69) is 5.32 Å². The van der Waals surface area contributed by atoms with Crippen LogP contribution in [0.3, 0.4) is 0 Å². The van der Waals surface area contributed by atoms with Gasteiger partial charge in [-0.25, -0.2) is 13.2 Å². The number of hydrogen-bond donors (Lipinski definition) is 2. The van der Waals surface area contributed by atoms with E-state index in [0.717, 1.165) is 29.5 Å². The van der Waals surface area contributed by atoms with Gasteiger partial charge in [0.05, 0.1) is 5.56 Å². The van der Waals surface area contributed by atoms with E-state index in [4.69, 9.17) is 0 Å². The van der Waals surface area contributed by atoms with Crippen LogP contribution in [0.25, 0.3) is 0 Å². The first-order valence-electron chi connectivity index (χ1n) is 6.09. The van der Waals surface area contributed by atoms with Crippen LogP contribution in [0, 0.1) is 0 Å². The molecule has 0 spiro atoms. The number of aromatic carboxylic acids is 1. The molecule has 0 fully saturated rings. The summed E-state index contributed by atoms with van der Waals surface area (Å²) in [6.07, 6.45) is 3.38. The number of carboxylic acid groups (broad SMARTS) is 1. The lowest BCUT2D eigenvalue weighted by molar-refractivity contribution is -0.115. The Morgan fingerprint density at radius 2 is 2.00 bits per heavy atom.